The topological polar surface area (TPSA) is 71.8 Å². The number of aromatic nitrogens is 2. The van der Waals surface area contributed by atoms with Crippen LogP contribution >= 0.6 is 0 Å². The van der Waals surface area contributed by atoms with Crippen molar-refractivity contribution in [2.75, 3.05) is 0 Å². The number of fused-ring (bicyclic) bond motifs is 1. The van der Waals surface area contributed by atoms with Gasteiger partial charge in [0.1, 0.15) is 5.65 Å². The molecule has 2 aromatic heterocycles. The van der Waals surface area contributed by atoms with Crippen LogP contribution < -0.4 is 5.73 Å². The van der Waals surface area contributed by atoms with E-state index >= 15 is 0 Å². The lowest BCUT2D eigenvalue weighted by molar-refractivity contribution is -0.112. The van der Waals surface area contributed by atoms with Crippen molar-refractivity contribution in [3.63, 3.8) is 0 Å². The highest BCUT2D eigenvalue weighted by Crippen LogP contribution is 2.23. The maximum absolute atomic E-state index is 11.8. The Morgan fingerprint density at radius 1 is 1.29 bits per heavy atom. The van der Waals surface area contributed by atoms with Gasteiger partial charge in [0.15, 0.2) is 0 Å². The number of hydrogen-bond acceptors (Lipinski definition) is 2. The first kappa shape index (κ1) is 13.1. The molecule has 0 saturated heterocycles. The molecule has 0 bridgehead atoms. The molecule has 0 spiro atoms. The third-order valence-electron chi connectivity index (χ3n) is 3.38. The molecule has 0 fully saturated rings. The van der Waals surface area contributed by atoms with Crippen molar-refractivity contribution in [2.45, 2.75) is 6.92 Å². The summed E-state index contributed by atoms with van der Waals surface area (Å²) >= 11 is 0. The number of aryl methyl sites for hydroxylation is 1. The van der Waals surface area contributed by atoms with Crippen LogP contribution in [-0.4, -0.2) is 15.9 Å². The van der Waals surface area contributed by atoms with E-state index in [0.717, 1.165) is 27.7 Å². The molecule has 3 N–H and O–H groups in total. The predicted octanol–water partition coefficient (Wildman–Crippen LogP) is 2.90. The molecule has 1 amide bonds. The molecule has 4 nitrogen and oxygen atoms in total. The summed E-state index contributed by atoms with van der Waals surface area (Å²) in [5.74, 6) is -0.446. The zero-order chi connectivity index (χ0) is 14.8. The van der Waals surface area contributed by atoms with Crippen LogP contribution in [0.4, 0.5) is 0 Å². The molecule has 0 radical (unpaired) electrons. The number of hydrogen-bond donors (Lipinski definition) is 2. The number of aromatic amines is 1. The average molecular weight is 277 g/mol. The normalized spacial score (nSPS) is 11.8. The number of benzene rings is 1. The van der Waals surface area contributed by atoms with E-state index in [-0.39, 0.29) is 0 Å². The molecular formula is C17H15N3O. The minimum absolute atomic E-state index is 0.446. The maximum Gasteiger partial charge on any atom is 0.249 e. The van der Waals surface area contributed by atoms with E-state index in [1.807, 2.05) is 49.5 Å². The van der Waals surface area contributed by atoms with E-state index in [1.165, 1.54) is 0 Å². The molecule has 4 heteroatoms. The van der Waals surface area contributed by atoms with Crippen molar-refractivity contribution < 1.29 is 4.79 Å². The Kier molecular flexibility index (Phi) is 3.28. The van der Waals surface area contributed by atoms with Crippen molar-refractivity contribution in [2.24, 2.45) is 5.73 Å². The highest BCUT2D eigenvalue weighted by molar-refractivity contribution is 6.24. The lowest BCUT2D eigenvalue weighted by Crippen LogP contribution is -2.12. The second-order valence-corrected chi connectivity index (χ2v) is 4.94. The minimum atomic E-state index is -0.446. The molecule has 0 aliphatic rings. The number of carbonyl (C=O) groups is 1. The average Bonchev–Trinajstić information content (AvgIpc) is 2.87. The fraction of sp³-hybridized carbons (Fsp3) is 0.0588. The van der Waals surface area contributed by atoms with Gasteiger partial charge < -0.3 is 10.7 Å². The first-order chi connectivity index (χ1) is 10.1. The molecule has 0 aliphatic carbocycles. The fourth-order valence-corrected chi connectivity index (χ4v) is 2.36. The molecule has 0 saturated carbocycles. The second kappa shape index (κ2) is 5.25. The maximum atomic E-state index is 11.8. The van der Waals surface area contributed by atoms with E-state index in [1.54, 1.807) is 12.3 Å². The molecule has 0 unspecified atom stereocenters. The molecule has 0 aliphatic heterocycles. The Hall–Kier alpha value is -2.88. The quantitative estimate of drug-likeness (QED) is 0.722. The Morgan fingerprint density at radius 2 is 2.14 bits per heavy atom. The van der Waals surface area contributed by atoms with Gasteiger partial charge in [0.05, 0.1) is 0 Å². The number of nitrogens with zero attached hydrogens (tertiary/aromatic N) is 1. The molecule has 1 aromatic carbocycles. The van der Waals surface area contributed by atoms with Gasteiger partial charge in [-0.15, -0.1) is 0 Å². The van der Waals surface area contributed by atoms with Crippen LogP contribution in [0.15, 0.2) is 48.8 Å². The molecule has 104 valence electrons. The first-order valence-corrected chi connectivity index (χ1v) is 6.66. The van der Waals surface area contributed by atoms with Gasteiger partial charge in [0.25, 0.3) is 0 Å². The van der Waals surface area contributed by atoms with Crippen molar-refractivity contribution >= 4 is 28.6 Å². The monoisotopic (exact) mass is 277 g/mol. The number of carbonyl (C=O) groups excluding carboxylic acids is 1. The summed E-state index contributed by atoms with van der Waals surface area (Å²) in [5, 5.41) is 0.962. The number of H-pyrrole nitrogens is 1. The highest BCUT2D eigenvalue weighted by atomic mass is 16.1. The number of primary amides is 1. The third kappa shape index (κ3) is 2.56. The smallest absolute Gasteiger partial charge is 0.249 e. The standard InChI is InChI=1S/C17H15N3O/c1-11-4-2-5-12(8-11)15(16(18)21)9-13-10-20-17-14(13)6-3-7-19-17/h2-10H,1H3,(H2,18,21)(H,19,20)/b15-9-. The molecular weight excluding hydrogens is 262 g/mol. The van der Waals surface area contributed by atoms with Gasteiger partial charge in [-0.05, 0) is 30.7 Å². The predicted molar refractivity (Wildman–Crippen MR) is 84.3 cm³/mol. The number of amides is 1. The Morgan fingerprint density at radius 3 is 2.90 bits per heavy atom. The summed E-state index contributed by atoms with van der Waals surface area (Å²) < 4.78 is 0. The zero-order valence-electron chi connectivity index (χ0n) is 11.6. The summed E-state index contributed by atoms with van der Waals surface area (Å²) in [4.78, 5) is 19.1. The lowest BCUT2D eigenvalue weighted by Gasteiger charge is -2.05. The van der Waals surface area contributed by atoms with Crippen LogP contribution in [0, 0.1) is 6.92 Å². The van der Waals surface area contributed by atoms with Gasteiger partial charge in [0.2, 0.25) is 5.91 Å². The lowest BCUT2D eigenvalue weighted by atomic mass is 10.0. The van der Waals surface area contributed by atoms with Crippen molar-refractivity contribution in [3.8, 4) is 0 Å². The number of nitrogens with two attached hydrogens (primary N) is 1. The van der Waals surface area contributed by atoms with E-state index in [2.05, 4.69) is 9.97 Å². The summed E-state index contributed by atoms with van der Waals surface area (Å²) in [6.45, 7) is 1.98. The number of pyridine rings is 1. The summed E-state index contributed by atoms with van der Waals surface area (Å²) in [5.41, 5.74) is 9.62. The molecule has 3 rings (SSSR count). The van der Waals surface area contributed by atoms with Crippen LogP contribution in [0.25, 0.3) is 22.7 Å². The van der Waals surface area contributed by atoms with Gasteiger partial charge in [-0.3, -0.25) is 4.79 Å². The Labute approximate surface area is 122 Å². The van der Waals surface area contributed by atoms with Crippen molar-refractivity contribution in [3.05, 3.63) is 65.5 Å². The van der Waals surface area contributed by atoms with Crippen LogP contribution in [0.5, 0.6) is 0 Å². The van der Waals surface area contributed by atoms with Gasteiger partial charge in [0, 0.05) is 28.9 Å². The summed E-state index contributed by atoms with van der Waals surface area (Å²) in [6, 6.07) is 11.6. The number of rotatable bonds is 3. The van der Waals surface area contributed by atoms with Crippen LogP contribution in [0.3, 0.4) is 0 Å². The van der Waals surface area contributed by atoms with Gasteiger partial charge >= 0.3 is 0 Å². The Balaban J connectivity index is 2.15. The van der Waals surface area contributed by atoms with E-state index in [4.69, 9.17) is 5.73 Å². The van der Waals surface area contributed by atoms with Crippen LogP contribution in [-0.2, 0) is 4.79 Å². The van der Waals surface area contributed by atoms with Gasteiger partial charge in [-0.2, -0.15) is 0 Å². The van der Waals surface area contributed by atoms with E-state index < -0.39 is 5.91 Å². The summed E-state index contributed by atoms with van der Waals surface area (Å²) in [7, 11) is 0. The molecule has 2 heterocycles. The summed E-state index contributed by atoms with van der Waals surface area (Å²) in [6.07, 6.45) is 5.36. The fourth-order valence-electron chi connectivity index (χ4n) is 2.36. The van der Waals surface area contributed by atoms with Crippen LogP contribution in [0.2, 0.25) is 0 Å². The largest absolute Gasteiger partial charge is 0.366 e. The van der Waals surface area contributed by atoms with E-state index in [9.17, 15) is 4.79 Å². The van der Waals surface area contributed by atoms with Crippen LogP contribution in [0.1, 0.15) is 16.7 Å². The second-order valence-electron chi connectivity index (χ2n) is 4.94. The number of nitrogens with one attached hydrogen (secondary N) is 1. The van der Waals surface area contributed by atoms with Crippen molar-refractivity contribution in [1.82, 2.24) is 9.97 Å². The zero-order valence-corrected chi connectivity index (χ0v) is 11.6. The van der Waals surface area contributed by atoms with Crippen molar-refractivity contribution in [1.29, 1.82) is 0 Å². The van der Waals surface area contributed by atoms with Gasteiger partial charge in [-0.1, -0.05) is 29.8 Å². The van der Waals surface area contributed by atoms with E-state index in [0.29, 0.717) is 5.57 Å². The Bertz CT molecular complexity index is 846. The minimum Gasteiger partial charge on any atom is -0.366 e. The molecule has 3 aromatic rings. The highest BCUT2D eigenvalue weighted by Gasteiger charge is 2.10. The third-order valence-corrected chi connectivity index (χ3v) is 3.38. The first-order valence-electron chi connectivity index (χ1n) is 6.66. The SMILES string of the molecule is Cc1cccc(/C(=C/c2c[nH]c3ncccc23)C(N)=O)c1. The molecule has 0 atom stereocenters. The van der Waals surface area contributed by atoms with Gasteiger partial charge in [-0.25, -0.2) is 4.98 Å². The molecule has 21 heavy (non-hydrogen) atoms.